The molecular formula is C19H17ClN2O4. The summed E-state index contributed by atoms with van der Waals surface area (Å²) < 4.78 is 0. The third-order valence-corrected chi connectivity index (χ3v) is 4.36. The molecular weight excluding hydrogens is 356 g/mol. The van der Waals surface area contributed by atoms with Gasteiger partial charge in [0.25, 0.3) is 0 Å². The number of aromatic amines is 1. The zero-order valence-electron chi connectivity index (χ0n) is 13.6. The van der Waals surface area contributed by atoms with Gasteiger partial charge in [-0.05, 0) is 35.7 Å². The molecule has 0 bridgehead atoms. The number of aliphatic carboxylic acids is 1. The molecule has 7 heteroatoms. The van der Waals surface area contributed by atoms with Gasteiger partial charge in [0.15, 0.2) is 0 Å². The summed E-state index contributed by atoms with van der Waals surface area (Å²) >= 11 is 5.82. The van der Waals surface area contributed by atoms with Crippen molar-refractivity contribution in [2.45, 2.75) is 18.7 Å². The molecule has 1 aromatic heterocycles. The number of aliphatic hydroxyl groups excluding tert-OH is 1. The van der Waals surface area contributed by atoms with Crippen LogP contribution in [-0.4, -0.2) is 27.2 Å². The summed E-state index contributed by atoms with van der Waals surface area (Å²) in [7, 11) is 0. The molecule has 0 aliphatic heterocycles. The van der Waals surface area contributed by atoms with Crippen LogP contribution in [0, 0.1) is 0 Å². The molecule has 0 amide bonds. The van der Waals surface area contributed by atoms with E-state index in [1.54, 1.807) is 36.4 Å². The Hall–Kier alpha value is -2.67. The minimum atomic E-state index is -1.18. The quantitative estimate of drug-likeness (QED) is 0.498. The summed E-state index contributed by atoms with van der Waals surface area (Å²) in [5.74, 6) is -1.12. The van der Waals surface area contributed by atoms with E-state index in [1.165, 1.54) is 6.07 Å². The number of fused-ring (bicyclic) bond motifs is 1. The summed E-state index contributed by atoms with van der Waals surface area (Å²) in [5.41, 5.74) is 1.42. The Morgan fingerprint density at radius 1 is 1.15 bits per heavy atom. The minimum absolute atomic E-state index is 0.0460. The number of halogens is 1. The molecule has 0 radical (unpaired) electrons. The maximum Gasteiger partial charge on any atom is 0.321 e. The van der Waals surface area contributed by atoms with Crippen molar-refractivity contribution in [1.82, 2.24) is 10.3 Å². The average Bonchev–Trinajstić information content (AvgIpc) is 2.61. The summed E-state index contributed by atoms with van der Waals surface area (Å²) in [6, 6.07) is 13.9. The van der Waals surface area contributed by atoms with E-state index in [0.29, 0.717) is 21.7 Å². The molecule has 6 nitrogen and oxygen atoms in total. The van der Waals surface area contributed by atoms with Gasteiger partial charge in [-0.15, -0.1) is 0 Å². The molecule has 3 aromatic rings. The number of aromatic nitrogens is 1. The molecule has 2 aromatic carbocycles. The molecule has 0 saturated carbocycles. The zero-order valence-corrected chi connectivity index (χ0v) is 14.4. The van der Waals surface area contributed by atoms with Crippen molar-refractivity contribution in [3.05, 3.63) is 81.1 Å². The number of nitrogens with one attached hydrogen (secondary N) is 2. The Balaban J connectivity index is 1.86. The number of rotatable bonds is 6. The lowest BCUT2D eigenvalue weighted by Gasteiger charge is -2.20. The monoisotopic (exact) mass is 372 g/mol. The second kappa shape index (κ2) is 7.70. The van der Waals surface area contributed by atoms with Gasteiger partial charge in [0.2, 0.25) is 5.56 Å². The number of carbonyl (C=O) groups is 1. The zero-order chi connectivity index (χ0) is 18.7. The number of carboxylic acid groups (broad SMARTS) is 1. The molecule has 0 fully saturated rings. The van der Waals surface area contributed by atoms with Crippen LogP contribution in [0.25, 0.3) is 10.9 Å². The van der Waals surface area contributed by atoms with Gasteiger partial charge in [-0.2, -0.15) is 0 Å². The second-order valence-corrected chi connectivity index (χ2v) is 6.36. The first-order valence-electron chi connectivity index (χ1n) is 7.97. The predicted octanol–water partition coefficient (Wildman–Crippen LogP) is 2.46. The maximum atomic E-state index is 11.8. The fourth-order valence-corrected chi connectivity index (χ4v) is 2.94. The molecule has 2 unspecified atom stereocenters. The van der Waals surface area contributed by atoms with Crippen molar-refractivity contribution in [2.75, 3.05) is 0 Å². The number of pyridine rings is 1. The normalized spacial score (nSPS) is 13.5. The van der Waals surface area contributed by atoms with Crippen LogP contribution in [0.15, 0.2) is 59.4 Å². The predicted molar refractivity (Wildman–Crippen MR) is 99.2 cm³/mol. The standard InChI is InChI=1S/C19H17ClN2O4/c20-13-7-5-11(6-8-13)18(24)22-16(19(25)26)9-12-10-17(23)21-15-4-2-1-3-14(12)15/h1-8,10,16,18,22,24H,9H2,(H,21,23)(H,25,26). The number of para-hydroxylation sites is 1. The van der Waals surface area contributed by atoms with Gasteiger partial charge in [-0.25, -0.2) is 0 Å². The molecule has 0 aliphatic carbocycles. The Labute approximate surface area is 154 Å². The highest BCUT2D eigenvalue weighted by Gasteiger charge is 2.23. The van der Waals surface area contributed by atoms with E-state index in [1.807, 2.05) is 12.1 Å². The molecule has 26 heavy (non-hydrogen) atoms. The molecule has 0 aliphatic rings. The molecule has 4 N–H and O–H groups in total. The van der Waals surface area contributed by atoms with Gasteiger partial charge in [-0.3, -0.25) is 14.9 Å². The summed E-state index contributed by atoms with van der Waals surface area (Å²) in [4.78, 5) is 26.2. The van der Waals surface area contributed by atoms with E-state index in [9.17, 15) is 19.8 Å². The minimum Gasteiger partial charge on any atom is -0.480 e. The molecule has 0 saturated heterocycles. The van der Waals surface area contributed by atoms with Gasteiger partial charge in [0, 0.05) is 22.0 Å². The molecule has 2 atom stereocenters. The largest absolute Gasteiger partial charge is 0.480 e. The van der Waals surface area contributed by atoms with E-state index >= 15 is 0 Å². The fourth-order valence-electron chi connectivity index (χ4n) is 2.82. The van der Waals surface area contributed by atoms with Gasteiger partial charge in [0.05, 0.1) is 0 Å². The van der Waals surface area contributed by atoms with Gasteiger partial charge >= 0.3 is 5.97 Å². The lowest BCUT2D eigenvalue weighted by atomic mass is 10.0. The van der Waals surface area contributed by atoms with Crippen LogP contribution in [-0.2, 0) is 11.2 Å². The van der Waals surface area contributed by atoms with E-state index in [0.717, 1.165) is 5.39 Å². The van der Waals surface area contributed by atoms with Crippen molar-refractivity contribution in [3.63, 3.8) is 0 Å². The van der Waals surface area contributed by atoms with Crippen LogP contribution in [0.1, 0.15) is 17.4 Å². The van der Waals surface area contributed by atoms with Crippen LogP contribution in [0.3, 0.4) is 0 Å². The number of hydrogen-bond donors (Lipinski definition) is 4. The number of H-pyrrole nitrogens is 1. The first-order chi connectivity index (χ1) is 12.4. The topological polar surface area (TPSA) is 102 Å². The van der Waals surface area contributed by atoms with Crippen molar-refractivity contribution >= 4 is 28.5 Å². The lowest BCUT2D eigenvalue weighted by Crippen LogP contribution is -2.41. The smallest absolute Gasteiger partial charge is 0.321 e. The van der Waals surface area contributed by atoms with Crippen LogP contribution < -0.4 is 10.9 Å². The fraction of sp³-hybridized carbons (Fsp3) is 0.158. The molecule has 134 valence electrons. The maximum absolute atomic E-state index is 11.8. The van der Waals surface area contributed by atoms with Gasteiger partial charge in [-0.1, -0.05) is 41.9 Å². The average molecular weight is 373 g/mol. The van der Waals surface area contributed by atoms with Crippen molar-refractivity contribution < 1.29 is 15.0 Å². The number of aliphatic hydroxyl groups is 1. The first kappa shape index (κ1) is 18.1. The number of benzene rings is 2. The third-order valence-electron chi connectivity index (χ3n) is 4.10. The van der Waals surface area contributed by atoms with Crippen LogP contribution in [0.5, 0.6) is 0 Å². The van der Waals surface area contributed by atoms with Crippen molar-refractivity contribution in [3.8, 4) is 0 Å². The Bertz CT molecular complexity index is 985. The highest BCUT2D eigenvalue weighted by molar-refractivity contribution is 6.30. The van der Waals surface area contributed by atoms with Crippen molar-refractivity contribution in [2.24, 2.45) is 0 Å². The third kappa shape index (κ3) is 4.11. The van der Waals surface area contributed by atoms with Gasteiger partial charge < -0.3 is 15.2 Å². The Morgan fingerprint density at radius 3 is 2.54 bits per heavy atom. The summed E-state index contributed by atoms with van der Waals surface area (Å²) in [6.07, 6.45) is -1.13. The first-order valence-corrected chi connectivity index (χ1v) is 8.35. The van der Waals surface area contributed by atoms with Gasteiger partial charge in [0.1, 0.15) is 12.3 Å². The van der Waals surface area contributed by atoms with Crippen LogP contribution >= 0.6 is 11.6 Å². The van der Waals surface area contributed by atoms with Crippen LogP contribution in [0.2, 0.25) is 5.02 Å². The molecule has 1 heterocycles. The van der Waals surface area contributed by atoms with E-state index in [4.69, 9.17) is 11.6 Å². The highest BCUT2D eigenvalue weighted by Crippen LogP contribution is 2.19. The van der Waals surface area contributed by atoms with Crippen LogP contribution in [0.4, 0.5) is 0 Å². The second-order valence-electron chi connectivity index (χ2n) is 5.92. The number of carboxylic acids is 1. The molecule has 0 spiro atoms. The Morgan fingerprint density at radius 2 is 1.85 bits per heavy atom. The summed E-state index contributed by atoms with van der Waals surface area (Å²) in [6.45, 7) is 0. The number of hydrogen-bond acceptors (Lipinski definition) is 4. The Kier molecular flexibility index (Phi) is 5.37. The van der Waals surface area contributed by atoms with Crippen molar-refractivity contribution in [1.29, 1.82) is 0 Å². The summed E-state index contributed by atoms with van der Waals surface area (Å²) in [5, 5.41) is 23.8. The molecule has 3 rings (SSSR count). The van der Waals surface area contributed by atoms with E-state index in [-0.39, 0.29) is 12.0 Å². The van der Waals surface area contributed by atoms with E-state index in [2.05, 4.69) is 10.3 Å². The van der Waals surface area contributed by atoms with E-state index < -0.39 is 18.2 Å². The highest BCUT2D eigenvalue weighted by atomic mass is 35.5. The SMILES string of the molecule is O=C(O)C(Cc1cc(=O)[nH]c2ccccc12)NC(O)c1ccc(Cl)cc1. The lowest BCUT2D eigenvalue weighted by molar-refractivity contribution is -0.140.